The Morgan fingerprint density at radius 3 is 2.60 bits per heavy atom. The summed E-state index contributed by atoms with van der Waals surface area (Å²) in [5.74, 6) is -3.32. The van der Waals surface area contributed by atoms with Crippen LogP contribution in [0.25, 0.3) is 0 Å². The number of nitrogens with zero attached hydrogens (tertiary/aromatic N) is 1. The summed E-state index contributed by atoms with van der Waals surface area (Å²) in [6.07, 6.45) is -2.68. The van der Waals surface area contributed by atoms with Gasteiger partial charge in [-0.15, -0.1) is 11.6 Å². The molecule has 0 atom stereocenters. The van der Waals surface area contributed by atoms with E-state index in [-0.39, 0.29) is 0 Å². The summed E-state index contributed by atoms with van der Waals surface area (Å²) in [6.45, 7) is 0. The van der Waals surface area contributed by atoms with Crippen LogP contribution >= 0.6 is 11.6 Å². The van der Waals surface area contributed by atoms with Crippen molar-refractivity contribution in [3.05, 3.63) is 28.8 Å². The number of rotatable bonds is 3. The number of halogens is 4. The lowest BCUT2D eigenvalue weighted by Gasteiger charge is -2.09. The first-order valence-electron chi connectivity index (χ1n) is 3.73. The normalized spacial score (nSPS) is 10.7. The SMILES string of the molecule is O=C(O)c1ncc(F)c(C(F)F)c1CCl. The molecule has 7 heteroatoms. The van der Waals surface area contributed by atoms with E-state index in [9.17, 15) is 18.0 Å². The molecule has 1 aromatic rings. The minimum Gasteiger partial charge on any atom is -0.477 e. The van der Waals surface area contributed by atoms with Crippen molar-refractivity contribution in [1.29, 1.82) is 0 Å². The lowest BCUT2D eigenvalue weighted by Crippen LogP contribution is -2.10. The van der Waals surface area contributed by atoms with Gasteiger partial charge in [0.1, 0.15) is 0 Å². The van der Waals surface area contributed by atoms with Crippen molar-refractivity contribution in [3.63, 3.8) is 0 Å². The Hall–Kier alpha value is -1.30. The first-order chi connectivity index (χ1) is 6.99. The van der Waals surface area contributed by atoms with E-state index in [1.54, 1.807) is 0 Å². The maximum atomic E-state index is 12.9. The fraction of sp³-hybridized carbons (Fsp3) is 0.250. The summed E-state index contributed by atoms with van der Waals surface area (Å²) < 4.78 is 37.7. The van der Waals surface area contributed by atoms with Gasteiger partial charge in [-0.1, -0.05) is 0 Å². The van der Waals surface area contributed by atoms with Crippen LogP contribution in [0, 0.1) is 5.82 Å². The second kappa shape index (κ2) is 4.48. The third-order valence-corrected chi connectivity index (χ3v) is 2.00. The molecule has 1 aromatic heterocycles. The molecule has 15 heavy (non-hydrogen) atoms. The molecule has 82 valence electrons. The molecule has 0 amide bonds. The number of hydrogen-bond acceptors (Lipinski definition) is 2. The molecule has 3 nitrogen and oxygen atoms in total. The molecular formula is C8H5ClF3NO2. The smallest absolute Gasteiger partial charge is 0.354 e. The highest BCUT2D eigenvalue weighted by atomic mass is 35.5. The Bertz CT molecular complexity index is 398. The van der Waals surface area contributed by atoms with Gasteiger partial charge in [0, 0.05) is 5.56 Å². The van der Waals surface area contributed by atoms with E-state index in [2.05, 4.69) is 4.98 Å². The van der Waals surface area contributed by atoms with Gasteiger partial charge in [-0.25, -0.2) is 22.9 Å². The number of carboxylic acid groups (broad SMARTS) is 1. The number of aromatic nitrogens is 1. The zero-order valence-electron chi connectivity index (χ0n) is 7.18. The monoisotopic (exact) mass is 239 g/mol. The van der Waals surface area contributed by atoms with Gasteiger partial charge >= 0.3 is 5.97 Å². The molecule has 0 spiro atoms. The fourth-order valence-corrected chi connectivity index (χ4v) is 1.37. The van der Waals surface area contributed by atoms with E-state index in [1.165, 1.54) is 0 Å². The van der Waals surface area contributed by atoms with Gasteiger partial charge in [0.05, 0.1) is 17.6 Å². The average molecular weight is 240 g/mol. The highest BCUT2D eigenvalue weighted by Gasteiger charge is 2.24. The number of carboxylic acids is 1. The Labute approximate surface area is 87.5 Å². The Balaban J connectivity index is 3.47. The summed E-state index contributed by atoms with van der Waals surface area (Å²) >= 11 is 5.29. The van der Waals surface area contributed by atoms with Crippen molar-refractivity contribution in [1.82, 2.24) is 4.98 Å². The Morgan fingerprint density at radius 2 is 2.20 bits per heavy atom. The molecule has 1 N–H and O–H groups in total. The number of alkyl halides is 3. The van der Waals surface area contributed by atoms with Crippen molar-refractivity contribution >= 4 is 17.6 Å². The fourth-order valence-electron chi connectivity index (χ4n) is 1.10. The predicted molar refractivity (Wildman–Crippen MR) is 45.7 cm³/mol. The van der Waals surface area contributed by atoms with Crippen LogP contribution in [-0.2, 0) is 5.88 Å². The summed E-state index contributed by atoms with van der Waals surface area (Å²) in [5, 5.41) is 8.61. The van der Waals surface area contributed by atoms with Crippen molar-refractivity contribution in [2.75, 3.05) is 0 Å². The van der Waals surface area contributed by atoms with Crippen LogP contribution in [0.1, 0.15) is 28.0 Å². The molecule has 0 fully saturated rings. The second-order valence-corrected chi connectivity index (χ2v) is 2.85. The van der Waals surface area contributed by atoms with Crippen LogP contribution in [0.15, 0.2) is 6.20 Å². The van der Waals surface area contributed by atoms with Crippen LogP contribution in [0.2, 0.25) is 0 Å². The van der Waals surface area contributed by atoms with Gasteiger partial charge in [-0.05, 0) is 0 Å². The van der Waals surface area contributed by atoms with Crippen molar-refractivity contribution in [2.24, 2.45) is 0 Å². The van der Waals surface area contributed by atoms with Gasteiger partial charge in [-0.2, -0.15) is 0 Å². The van der Waals surface area contributed by atoms with Gasteiger partial charge in [-0.3, -0.25) is 0 Å². The van der Waals surface area contributed by atoms with Crippen LogP contribution in [0.4, 0.5) is 13.2 Å². The lowest BCUT2D eigenvalue weighted by atomic mass is 10.1. The van der Waals surface area contributed by atoms with E-state index in [1.807, 2.05) is 0 Å². The van der Waals surface area contributed by atoms with Crippen LogP contribution in [0.5, 0.6) is 0 Å². The van der Waals surface area contributed by atoms with Gasteiger partial charge in [0.15, 0.2) is 11.5 Å². The van der Waals surface area contributed by atoms with E-state index >= 15 is 0 Å². The first kappa shape index (κ1) is 11.8. The van der Waals surface area contributed by atoms with E-state index < -0.39 is 40.9 Å². The van der Waals surface area contributed by atoms with Gasteiger partial charge < -0.3 is 5.11 Å². The molecular weight excluding hydrogens is 235 g/mol. The number of hydrogen-bond donors (Lipinski definition) is 1. The molecule has 0 aliphatic heterocycles. The lowest BCUT2D eigenvalue weighted by molar-refractivity contribution is 0.0688. The molecule has 1 heterocycles. The Kier molecular flexibility index (Phi) is 3.52. The molecule has 0 radical (unpaired) electrons. The predicted octanol–water partition coefficient (Wildman–Crippen LogP) is 2.60. The third kappa shape index (κ3) is 2.20. The highest BCUT2D eigenvalue weighted by Crippen LogP contribution is 2.28. The molecule has 0 saturated carbocycles. The minimum absolute atomic E-state index is 0.445. The molecule has 1 rings (SSSR count). The number of pyridine rings is 1. The summed E-state index contributed by atoms with van der Waals surface area (Å²) in [4.78, 5) is 13.8. The number of carbonyl (C=O) groups is 1. The Morgan fingerprint density at radius 1 is 1.60 bits per heavy atom. The molecule has 0 aliphatic carbocycles. The minimum atomic E-state index is -3.13. The molecule has 0 aromatic carbocycles. The second-order valence-electron chi connectivity index (χ2n) is 2.59. The summed E-state index contributed by atoms with van der Waals surface area (Å²) in [5.41, 5.74) is -2.14. The van der Waals surface area contributed by atoms with Crippen LogP contribution in [-0.4, -0.2) is 16.1 Å². The topological polar surface area (TPSA) is 50.2 Å². The molecule has 0 unspecified atom stereocenters. The summed E-state index contributed by atoms with van der Waals surface area (Å²) in [7, 11) is 0. The highest BCUT2D eigenvalue weighted by molar-refractivity contribution is 6.17. The van der Waals surface area contributed by atoms with Crippen LogP contribution in [0.3, 0.4) is 0 Å². The molecule has 0 aliphatic rings. The zero-order chi connectivity index (χ0) is 11.6. The van der Waals surface area contributed by atoms with Crippen molar-refractivity contribution in [2.45, 2.75) is 12.3 Å². The summed E-state index contributed by atoms with van der Waals surface area (Å²) in [6, 6.07) is 0. The maximum Gasteiger partial charge on any atom is 0.354 e. The van der Waals surface area contributed by atoms with E-state index in [0.717, 1.165) is 0 Å². The largest absolute Gasteiger partial charge is 0.477 e. The third-order valence-electron chi connectivity index (χ3n) is 1.73. The maximum absolute atomic E-state index is 12.9. The molecule has 0 saturated heterocycles. The standard InChI is InChI=1S/C8H5ClF3NO2/c9-1-3-5(7(11)12)4(10)2-13-6(3)8(14)15/h2,7H,1H2,(H,14,15). The first-order valence-corrected chi connectivity index (χ1v) is 4.27. The van der Waals surface area contributed by atoms with Gasteiger partial charge in [0.25, 0.3) is 6.43 Å². The quantitative estimate of drug-likeness (QED) is 0.825. The van der Waals surface area contributed by atoms with E-state index in [0.29, 0.717) is 6.20 Å². The zero-order valence-corrected chi connectivity index (χ0v) is 7.93. The van der Waals surface area contributed by atoms with Gasteiger partial charge in [0.2, 0.25) is 0 Å². The van der Waals surface area contributed by atoms with E-state index in [4.69, 9.17) is 16.7 Å². The number of aromatic carboxylic acids is 1. The van der Waals surface area contributed by atoms with Crippen molar-refractivity contribution in [3.8, 4) is 0 Å². The average Bonchev–Trinajstić information content (AvgIpc) is 2.15. The van der Waals surface area contributed by atoms with Crippen LogP contribution < -0.4 is 0 Å². The van der Waals surface area contributed by atoms with Crippen molar-refractivity contribution < 1.29 is 23.1 Å². The molecule has 0 bridgehead atoms.